The molecule has 0 bridgehead atoms. The summed E-state index contributed by atoms with van der Waals surface area (Å²) in [5.74, 6) is 0.539. The summed E-state index contributed by atoms with van der Waals surface area (Å²) < 4.78 is 1.81. The minimum atomic E-state index is -0.304. The number of thiophene rings is 1. The quantitative estimate of drug-likeness (QED) is 0.436. The van der Waals surface area contributed by atoms with Gasteiger partial charge in [0.1, 0.15) is 0 Å². The Labute approximate surface area is 182 Å². The Hall–Kier alpha value is -3.85. The van der Waals surface area contributed by atoms with Crippen LogP contribution in [0.5, 0.6) is 0 Å². The van der Waals surface area contributed by atoms with Gasteiger partial charge in [-0.05, 0) is 36.9 Å². The Morgan fingerprint density at radius 1 is 1.16 bits per heavy atom. The van der Waals surface area contributed by atoms with Crippen molar-refractivity contribution in [1.29, 1.82) is 0 Å². The fourth-order valence-electron chi connectivity index (χ4n) is 3.35. The number of rotatable bonds is 5. The summed E-state index contributed by atoms with van der Waals surface area (Å²) in [7, 11) is 0. The molecule has 31 heavy (non-hydrogen) atoms. The highest BCUT2D eigenvalue weighted by atomic mass is 32.1. The largest absolute Gasteiger partial charge is 0.289 e. The molecular formula is C22H19N7OS. The second-order valence-corrected chi connectivity index (χ2v) is 8.22. The van der Waals surface area contributed by atoms with E-state index in [4.69, 9.17) is 0 Å². The molecule has 2 N–H and O–H groups in total. The van der Waals surface area contributed by atoms with Crippen LogP contribution in [0.1, 0.15) is 27.2 Å². The van der Waals surface area contributed by atoms with Crippen molar-refractivity contribution >= 4 is 34.2 Å². The van der Waals surface area contributed by atoms with Crippen LogP contribution in [0.15, 0.2) is 54.0 Å². The van der Waals surface area contributed by atoms with E-state index >= 15 is 0 Å². The first-order valence-electron chi connectivity index (χ1n) is 9.73. The number of nitrogens with zero attached hydrogens (tertiary/aromatic N) is 5. The van der Waals surface area contributed by atoms with Gasteiger partial charge in [0.2, 0.25) is 5.95 Å². The van der Waals surface area contributed by atoms with Gasteiger partial charge in [0.05, 0.1) is 28.6 Å². The van der Waals surface area contributed by atoms with Crippen molar-refractivity contribution in [2.45, 2.75) is 20.4 Å². The van der Waals surface area contributed by atoms with Crippen molar-refractivity contribution in [2.24, 2.45) is 0 Å². The SMILES string of the molecule is Cc1ccc(Cn2ncc3c(C(=O)Nc4n[nH]c(-c5cccs5)n4)cc(C)nc32)cc1. The number of aromatic amines is 1. The van der Waals surface area contributed by atoms with Crippen molar-refractivity contribution in [3.8, 4) is 10.7 Å². The summed E-state index contributed by atoms with van der Waals surface area (Å²) in [6.07, 6.45) is 1.68. The maximum atomic E-state index is 13.0. The number of pyridine rings is 1. The first-order valence-corrected chi connectivity index (χ1v) is 10.6. The number of carbonyl (C=O) groups excluding carboxylic acids is 1. The highest BCUT2D eigenvalue weighted by Gasteiger charge is 2.18. The van der Waals surface area contributed by atoms with Gasteiger partial charge < -0.3 is 0 Å². The molecule has 5 aromatic rings. The van der Waals surface area contributed by atoms with Crippen LogP contribution in [0.25, 0.3) is 21.7 Å². The summed E-state index contributed by atoms with van der Waals surface area (Å²) >= 11 is 1.55. The lowest BCUT2D eigenvalue weighted by Crippen LogP contribution is -2.14. The Morgan fingerprint density at radius 2 is 2.00 bits per heavy atom. The average molecular weight is 430 g/mol. The lowest BCUT2D eigenvalue weighted by atomic mass is 10.1. The lowest BCUT2D eigenvalue weighted by Gasteiger charge is -2.07. The topological polar surface area (TPSA) is 101 Å². The Morgan fingerprint density at radius 3 is 2.77 bits per heavy atom. The van der Waals surface area contributed by atoms with Gasteiger partial charge in [0.15, 0.2) is 11.5 Å². The molecule has 0 aliphatic carbocycles. The standard InChI is InChI=1S/C22H19N7OS/c1-13-5-7-15(8-6-13)12-29-20-17(11-23-29)16(10-14(2)24-20)21(30)26-22-25-19(27-28-22)18-4-3-9-31-18/h3-11H,12H2,1-2H3,(H2,25,26,27,28,30). The first-order chi connectivity index (χ1) is 15.1. The van der Waals surface area contributed by atoms with E-state index in [0.29, 0.717) is 29.0 Å². The number of aromatic nitrogens is 6. The van der Waals surface area contributed by atoms with Crippen molar-refractivity contribution in [3.63, 3.8) is 0 Å². The Kier molecular flexibility index (Phi) is 4.79. The van der Waals surface area contributed by atoms with E-state index in [2.05, 4.69) is 61.8 Å². The molecule has 8 nitrogen and oxygen atoms in total. The molecule has 4 heterocycles. The van der Waals surface area contributed by atoms with E-state index < -0.39 is 0 Å². The van der Waals surface area contributed by atoms with Crippen LogP contribution in [-0.4, -0.2) is 35.9 Å². The molecule has 9 heteroatoms. The monoisotopic (exact) mass is 429 g/mol. The molecule has 4 aromatic heterocycles. The van der Waals surface area contributed by atoms with E-state index in [1.54, 1.807) is 23.6 Å². The fourth-order valence-corrected chi connectivity index (χ4v) is 4.02. The third-order valence-corrected chi connectivity index (χ3v) is 5.78. The molecule has 0 atom stereocenters. The molecule has 0 saturated carbocycles. The normalized spacial score (nSPS) is 11.2. The summed E-state index contributed by atoms with van der Waals surface area (Å²) in [5, 5.41) is 16.9. The van der Waals surface area contributed by atoms with E-state index in [1.165, 1.54) is 5.56 Å². The number of amides is 1. The lowest BCUT2D eigenvalue weighted by molar-refractivity contribution is 0.102. The summed E-state index contributed by atoms with van der Waals surface area (Å²) in [6.45, 7) is 4.49. The molecule has 0 spiro atoms. The molecule has 0 aliphatic heterocycles. The zero-order valence-electron chi connectivity index (χ0n) is 17.0. The smallest absolute Gasteiger partial charge is 0.258 e. The number of hydrogen-bond donors (Lipinski definition) is 2. The van der Waals surface area contributed by atoms with Gasteiger partial charge in [-0.25, -0.2) is 9.67 Å². The maximum absolute atomic E-state index is 13.0. The number of hydrogen-bond acceptors (Lipinski definition) is 6. The molecule has 0 fully saturated rings. The van der Waals surface area contributed by atoms with E-state index in [0.717, 1.165) is 16.1 Å². The summed E-state index contributed by atoms with van der Waals surface area (Å²) in [5.41, 5.74) is 4.21. The summed E-state index contributed by atoms with van der Waals surface area (Å²) in [4.78, 5) is 23.0. The first kappa shape index (κ1) is 19.1. The molecule has 0 aliphatic rings. The number of fused-ring (bicyclic) bond motifs is 1. The highest BCUT2D eigenvalue weighted by molar-refractivity contribution is 7.13. The van der Waals surface area contributed by atoms with Crippen LogP contribution in [0.3, 0.4) is 0 Å². The van der Waals surface area contributed by atoms with Crippen LogP contribution in [0.4, 0.5) is 5.95 Å². The fraction of sp³-hybridized carbons (Fsp3) is 0.136. The number of aryl methyl sites for hydroxylation is 2. The number of anilines is 1. The second kappa shape index (κ2) is 7.77. The van der Waals surface area contributed by atoms with Gasteiger partial charge in [0.25, 0.3) is 5.91 Å². The van der Waals surface area contributed by atoms with Crippen LogP contribution in [0, 0.1) is 13.8 Å². The molecular weight excluding hydrogens is 410 g/mol. The minimum absolute atomic E-state index is 0.225. The van der Waals surface area contributed by atoms with Gasteiger partial charge in [-0.2, -0.15) is 10.1 Å². The van der Waals surface area contributed by atoms with Crippen LogP contribution < -0.4 is 5.32 Å². The van der Waals surface area contributed by atoms with Crippen LogP contribution in [0.2, 0.25) is 0 Å². The second-order valence-electron chi connectivity index (χ2n) is 7.28. The van der Waals surface area contributed by atoms with Gasteiger partial charge in [-0.1, -0.05) is 35.9 Å². The molecule has 1 aromatic carbocycles. The zero-order valence-corrected chi connectivity index (χ0v) is 17.8. The van der Waals surface area contributed by atoms with E-state index in [9.17, 15) is 4.79 Å². The molecule has 5 rings (SSSR count). The average Bonchev–Trinajstić information content (AvgIpc) is 3.51. The van der Waals surface area contributed by atoms with Gasteiger partial charge >= 0.3 is 0 Å². The number of carbonyl (C=O) groups is 1. The zero-order chi connectivity index (χ0) is 21.4. The van der Waals surface area contributed by atoms with Gasteiger partial charge in [-0.3, -0.25) is 15.2 Å². The third-order valence-electron chi connectivity index (χ3n) is 4.90. The third kappa shape index (κ3) is 3.82. The predicted molar refractivity (Wildman–Crippen MR) is 120 cm³/mol. The molecule has 154 valence electrons. The highest BCUT2D eigenvalue weighted by Crippen LogP contribution is 2.23. The van der Waals surface area contributed by atoms with Gasteiger partial charge in [-0.15, -0.1) is 16.4 Å². The number of benzene rings is 1. The van der Waals surface area contributed by atoms with Crippen molar-refractivity contribution in [2.75, 3.05) is 5.32 Å². The van der Waals surface area contributed by atoms with Crippen molar-refractivity contribution in [1.82, 2.24) is 29.9 Å². The minimum Gasteiger partial charge on any atom is -0.289 e. The van der Waals surface area contributed by atoms with Gasteiger partial charge in [0, 0.05) is 5.69 Å². The summed E-state index contributed by atoms with van der Waals surface area (Å²) in [6, 6.07) is 13.9. The van der Waals surface area contributed by atoms with Crippen LogP contribution >= 0.6 is 11.3 Å². The Balaban J connectivity index is 1.43. The molecule has 0 unspecified atom stereocenters. The maximum Gasteiger partial charge on any atom is 0.258 e. The van der Waals surface area contributed by atoms with E-state index in [-0.39, 0.29) is 11.9 Å². The van der Waals surface area contributed by atoms with Crippen molar-refractivity contribution < 1.29 is 4.79 Å². The Bertz CT molecular complexity index is 1370. The van der Waals surface area contributed by atoms with E-state index in [1.807, 2.05) is 29.1 Å². The van der Waals surface area contributed by atoms with Crippen molar-refractivity contribution in [3.05, 3.63) is 76.4 Å². The molecule has 0 saturated heterocycles. The molecule has 0 radical (unpaired) electrons. The molecule has 1 amide bonds. The van der Waals surface area contributed by atoms with Crippen LogP contribution in [-0.2, 0) is 6.54 Å². The number of H-pyrrole nitrogens is 1. The predicted octanol–water partition coefficient (Wildman–Crippen LogP) is 4.20. The number of nitrogens with one attached hydrogen (secondary N) is 2.